The molecule has 1 saturated carbocycles. The van der Waals surface area contributed by atoms with Gasteiger partial charge in [0.25, 0.3) is 5.91 Å². The number of imide groups is 1. The summed E-state index contributed by atoms with van der Waals surface area (Å²) in [6, 6.07) is 5.08. The van der Waals surface area contributed by atoms with E-state index in [2.05, 4.69) is 32.2 Å². The van der Waals surface area contributed by atoms with E-state index in [4.69, 9.17) is 24.2 Å². The van der Waals surface area contributed by atoms with Gasteiger partial charge in [-0.15, -0.1) is 0 Å². The fourth-order valence-electron chi connectivity index (χ4n) is 5.73. The Balaban J connectivity index is 0.000000480. The van der Waals surface area contributed by atoms with Crippen LogP contribution in [0.4, 0.5) is 4.79 Å². The molecule has 0 atom stereocenters. The molecular weight excluding hydrogens is 480 g/mol. The number of nitrogens with zero attached hydrogens (tertiary/aromatic N) is 1. The van der Waals surface area contributed by atoms with Gasteiger partial charge in [0, 0.05) is 11.5 Å². The molecule has 1 aromatic heterocycles. The lowest BCUT2D eigenvalue weighted by atomic mass is 9.67. The van der Waals surface area contributed by atoms with E-state index >= 15 is 0 Å². The monoisotopic (exact) mass is 512 g/mol. The number of carbonyl (C=O) groups is 4. The quantitative estimate of drug-likeness (QED) is 0.314. The predicted molar refractivity (Wildman–Crippen MR) is 133 cm³/mol. The summed E-state index contributed by atoms with van der Waals surface area (Å²) in [4.78, 5) is 57.9. The Bertz CT molecular complexity index is 1320. The first kappa shape index (κ1) is 26.4. The van der Waals surface area contributed by atoms with E-state index in [9.17, 15) is 14.4 Å². The molecule has 10 heteroatoms. The summed E-state index contributed by atoms with van der Waals surface area (Å²) in [7, 11) is 0. The van der Waals surface area contributed by atoms with E-state index in [1.54, 1.807) is 0 Å². The molecule has 2 heterocycles. The van der Waals surface area contributed by atoms with Crippen molar-refractivity contribution >= 4 is 34.8 Å². The number of nitrogens with one attached hydrogen (secondary N) is 1. The maximum atomic E-state index is 13.4. The molecule has 2 aliphatic carbocycles. The highest BCUT2D eigenvalue weighted by Gasteiger charge is 2.53. The molecule has 1 saturated heterocycles. The van der Waals surface area contributed by atoms with Crippen LogP contribution < -0.4 is 10.9 Å². The van der Waals surface area contributed by atoms with Crippen molar-refractivity contribution < 1.29 is 33.8 Å². The number of hydrogen-bond acceptors (Lipinski definition) is 6. The molecule has 3 N–H and O–H groups in total. The molecule has 3 amide bonds. The third kappa shape index (κ3) is 5.23. The molecule has 0 bridgehead atoms. The van der Waals surface area contributed by atoms with E-state index < -0.39 is 23.1 Å². The van der Waals surface area contributed by atoms with Gasteiger partial charge < -0.3 is 19.9 Å². The highest BCUT2D eigenvalue weighted by atomic mass is 16.4. The van der Waals surface area contributed by atoms with Crippen molar-refractivity contribution in [2.45, 2.75) is 77.8 Å². The van der Waals surface area contributed by atoms with Crippen molar-refractivity contribution in [3.8, 4) is 0 Å². The van der Waals surface area contributed by atoms with Crippen molar-refractivity contribution in [3.05, 3.63) is 45.3 Å². The first-order chi connectivity index (χ1) is 17.3. The lowest BCUT2D eigenvalue weighted by molar-refractivity contribution is -0.159. The summed E-state index contributed by atoms with van der Waals surface area (Å²) >= 11 is 0. The summed E-state index contributed by atoms with van der Waals surface area (Å²) in [5.41, 5.74) is 2.64. The zero-order valence-corrected chi connectivity index (χ0v) is 21.3. The zero-order valence-electron chi connectivity index (χ0n) is 21.3. The number of carboxylic acid groups (broad SMARTS) is 2. The van der Waals surface area contributed by atoms with Gasteiger partial charge in [0.1, 0.15) is 11.1 Å². The van der Waals surface area contributed by atoms with Crippen molar-refractivity contribution in [1.82, 2.24) is 10.2 Å². The molecule has 0 radical (unpaired) electrons. The van der Waals surface area contributed by atoms with E-state index in [1.807, 2.05) is 6.07 Å². The highest BCUT2D eigenvalue weighted by Crippen LogP contribution is 2.43. The van der Waals surface area contributed by atoms with E-state index in [1.165, 1.54) is 22.1 Å². The second-order valence-electron chi connectivity index (χ2n) is 11.2. The fourth-order valence-corrected chi connectivity index (χ4v) is 5.73. The minimum Gasteiger partial charge on any atom is -0.473 e. The van der Waals surface area contributed by atoms with Crippen LogP contribution in [0.5, 0.6) is 0 Å². The number of aryl methyl sites for hydroxylation is 2. The molecule has 2 aromatic rings. The van der Waals surface area contributed by atoms with Crippen LogP contribution in [0.3, 0.4) is 0 Å². The Morgan fingerprint density at radius 2 is 1.62 bits per heavy atom. The van der Waals surface area contributed by atoms with Crippen molar-refractivity contribution in [3.63, 3.8) is 0 Å². The molecule has 0 unspecified atom stereocenters. The van der Waals surface area contributed by atoms with Crippen LogP contribution in [0.2, 0.25) is 0 Å². The summed E-state index contributed by atoms with van der Waals surface area (Å²) < 4.78 is 5.44. The van der Waals surface area contributed by atoms with E-state index in [-0.39, 0.29) is 23.9 Å². The number of urea groups is 1. The Kier molecular flexibility index (Phi) is 6.87. The number of aliphatic carboxylic acids is 2. The van der Waals surface area contributed by atoms with Crippen LogP contribution in [-0.4, -0.2) is 44.5 Å². The first-order valence-corrected chi connectivity index (χ1v) is 12.5. The summed E-state index contributed by atoms with van der Waals surface area (Å²) in [6.45, 7) is 6.80. The molecule has 3 aliphatic rings. The predicted octanol–water partition coefficient (Wildman–Crippen LogP) is 3.46. The molecule has 37 heavy (non-hydrogen) atoms. The van der Waals surface area contributed by atoms with Gasteiger partial charge in [0.2, 0.25) is 0 Å². The third-order valence-electron chi connectivity index (χ3n) is 7.86. The summed E-state index contributed by atoms with van der Waals surface area (Å²) in [6.07, 6.45) is 6.27. The number of rotatable bonds is 2. The Morgan fingerprint density at radius 1 is 1.03 bits per heavy atom. The molecule has 1 spiro atoms. The maximum absolute atomic E-state index is 13.4. The largest absolute Gasteiger partial charge is 0.473 e. The van der Waals surface area contributed by atoms with Gasteiger partial charge in [-0.25, -0.2) is 19.2 Å². The van der Waals surface area contributed by atoms with E-state index in [0.717, 1.165) is 37.5 Å². The number of carboxylic acids is 2. The molecule has 5 rings (SSSR count). The minimum absolute atomic E-state index is 0.0933. The fraction of sp³-hybridized carbons (Fsp3) is 0.519. The number of carbonyl (C=O) groups excluding carboxylic acids is 2. The lowest BCUT2D eigenvalue weighted by Gasteiger charge is -2.40. The third-order valence-corrected chi connectivity index (χ3v) is 7.86. The zero-order chi connectivity index (χ0) is 27.1. The van der Waals surface area contributed by atoms with Crippen molar-refractivity contribution in [2.75, 3.05) is 0 Å². The number of fused-ring (bicyclic) bond motifs is 2. The number of amides is 3. The smallest absolute Gasteiger partial charge is 0.414 e. The van der Waals surface area contributed by atoms with Crippen LogP contribution in [0.1, 0.15) is 69.6 Å². The van der Waals surface area contributed by atoms with Gasteiger partial charge in [0.15, 0.2) is 0 Å². The van der Waals surface area contributed by atoms with Crippen molar-refractivity contribution in [1.29, 1.82) is 0 Å². The topological polar surface area (TPSA) is 154 Å². The van der Waals surface area contributed by atoms with Crippen LogP contribution in [0.15, 0.2) is 27.4 Å². The van der Waals surface area contributed by atoms with Gasteiger partial charge in [-0.1, -0.05) is 20.8 Å². The van der Waals surface area contributed by atoms with Crippen molar-refractivity contribution in [2.24, 2.45) is 11.3 Å². The number of hydrogen-bond donors (Lipinski definition) is 3. The van der Waals surface area contributed by atoms with Gasteiger partial charge in [-0.05, 0) is 85.1 Å². The molecule has 1 aliphatic heterocycles. The number of benzene rings is 1. The SMILES string of the molecule is CC(C)(C)C1CCC2(CC1)NC(=O)N(Cc1cc(=O)oc3cc4c(cc13)CCC4)C2=O.O=C(O)C(=O)O. The Hall–Kier alpha value is -3.69. The van der Waals surface area contributed by atoms with E-state index in [0.29, 0.717) is 29.9 Å². The van der Waals surface area contributed by atoms with Crippen LogP contribution in [-0.2, 0) is 33.8 Å². The first-order valence-electron chi connectivity index (χ1n) is 12.5. The van der Waals surface area contributed by atoms with Crippen LogP contribution >= 0.6 is 0 Å². The van der Waals surface area contributed by atoms with Gasteiger partial charge in [0.05, 0.1) is 6.54 Å². The maximum Gasteiger partial charge on any atom is 0.414 e. The molecule has 10 nitrogen and oxygen atoms in total. The second kappa shape index (κ2) is 9.64. The van der Waals surface area contributed by atoms with Gasteiger partial charge in [-0.2, -0.15) is 0 Å². The highest BCUT2D eigenvalue weighted by molar-refractivity contribution is 6.27. The van der Waals surface area contributed by atoms with Gasteiger partial charge in [-0.3, -0.25) is 9.69 Å². The van der Waals surface area contributed by atoms with Crippen LogP contribution in [0.25, 0.3) is 11.0 Å². The Morgan fingerprint density at radius 3 is 2.19 bits per heavy atom. The normalized spacial score (nSPS) is 23.0. The average molecular weight is 513 g/mol. The molecular formula is C27H32N2O8. The van der Waals surface area contributed by atoms with Gasteiger partial charge >= 0.3 is 23.6 Å². The second-order valence-corrected chi connectivity index (χ2v) is 11.2. The lowest BCUT2D eigenvalue weighted by Crippen LogP contribution is -2.50. The summed E-state index contributed by atoms with van der Waals surface area (Å²) in [5.74, 6) is -3.26. The summed E-state index contributed by atoms with van der Waals surface area (Å²) in [5, 5.41) is 18.6. The Labute approximate surface area is 213 Å². The molecule has 2 fully saturated rings. The molecule has 1 aromatic carbocycles. The molecule has 198 valence electrons. The van der Waals surface area contributed by atoms with Crippen LogP contribution in [0, 0.1) is 11.3 Å². The standard InChI is InChI=1S/C25H30N2O4.C2H2O4/c1-24(2,3)18-7-9-25(10-8-18)22(29)27(23(30)26-25)14-17-13-21(28)31-20-12-16-6-4-5-15(16)11-19(17)20;3-1(4)2(5)6/h11-13,18H,4-10,14H2,1-3H3,(H,26,30);(H,3,4)(H,5,6). The average Bonchev–Trinajstić information content (AvgIpc) is 3.35. The minimum atomic E-state index is -1.82.